The minimum absolute atomic E-state index is 0.0322. The van der Waals surface area contributed by atoms with Crippen LogP contribution in [0.5, 0.6) is 0 Å². The molecule has 1 amide bonds. The molecule has 1 N–H and O–H groups in total. The zero-order valence-corrected chi connectivity index (χ0v) is 14.6. The molecular weight excluding hydrogens is 330 g/mol. The lowest BCUT2D eigenvalue weighted by atomic mass is 9.87. The molecule has 2 heterocycles. The summed E-state index contributed by atoms with van der Waals surface area (Å²) in [5.74, 6) is 0.0322. The second kappa shape index (κ2) is 7.15. The average molecular weight is 349 g/mol. The summed E-state index contributed by atoms with van der Waals surface area (Å²) in [5, 5.41) is 6.04. The van der Waals surface area contributed by atoms with Crippen molar-refractivity contribution in [1.82, 2.24) is 15.3 Å². The van der Waals surface area contributed by atoms with E-state index in [9.17, 15) is 4.79 Å². The fourth-order valence-electron chi connectivity index (χ4n) is 3.32. The molecule has 0 aliphatic heterocycles. The number of amides is 1. The number of hydrogen-bond acceptors (Lipinski definition) is 4. The fraction of sp³-hybridized carbons (Fsp3) is 0.250. The van der Waals surface area contributed by atoms with Gasteiger partial charge in [-0.25, -0.2) is 4.98 Å². The monoisotopic (exact) mass is 349 g/mol. The number of nitrogens with zero attached hydrogens (tertiary/aromatic N) is 2. The molecule has 0 saturated carbocycles. The van der Waals surface area contributed by atoms with Crippen LogP contribution in [0.15, 0.2) is 54.2 Å². The van der Waals surface area contributed by atoms with Crippen molar-refractivity contribution in [2.75, 3.05) is 0 Å². The Morgan fingerprint density at radius 2 is 2.16 bits per heavy atom. The van der Waals surface area contributed by atoms with Crippen molar-refractivity contribution >= 4 is 17.2 Å². The molecule has 4 nitrogen and oxygen atoms in total. The Balaban J connectivity index is 1.43. The average Bonchev–Trinajstić information content (AvgIpc) is 3.11. The van der Waals surface area contributed by atoms with E-state index in [0.717, 1.165) is 35.5 Å². The molecule has 25 heavy (non-hydrogen) atoms. The molecule has 0 fully saturated rings. The van der Waals surface area contributed by atoms with E-state index in [1.807, 2.05) is 23.6 Å². The number of carbonyl (C=O) groups is 1. The Morgan fingerprint density at radius 3 is 3.04 bits per heavy atom. The van der Waals surface area contributed by atoms with Crippen molar-refractivity contribution in [3.8, 4) is 10.6 Å². The summed E-state index contributed by atoms with van der Waals surface area (Å²) in [7, 11) is 0. The molecular formula is C20H19N3OS. The Hall–Kier alpha value is -2.53. The van der Waals surface area contributed by atoms with Gasteiger partial charge in [0.1, 0.15) is 5.01 Å². The highest BCUT2D eigenvalue weighted by atomic mass is 32.1. The van der Waals surface area contributed by atoms with Gasteiger partial charge in [0.15, 0.2) is 0 Å². The Morgan fingerprint density at radius 1 is 1.24 bits per heavy atom. The Kier molecular flexibility index (Phi) is 4.57. The quantitative estimate of drug-likeness (QED) is 0.776. The summed E-state index contributed by atoms with van der Waals surface area (Å²) in [6, 6.07) is 12.4. The number of hydrogen-bond donors (Lipinski definition) is 1. The molecule has 2 aromatic heterocycles. The van der Waals surface area contributed by atoms with Crippen LogP contribution in [0.4, 0.5) is 0 Å². The molecule has 0 bridgehead atoms. The second-order valence-corrected chi connectivity index (χ2v) is 7.13. The summed E-state index contributed by atoms with van der Waals surface area (Å²) in [4.78, 5) is 21.2. The predicted octanol–water partition coefficient (Wildman–Crippen LogP) is 3.94. The number of rotatable bonds is 4. The Bertz CT molecular complexity index is 875. The molecule has 3 aromatic rings. The first-order valence-electron chi connectivity index (χ1n) is 8.51. The number of benzene rings is 1. The number of fused-ring (bicyclic) bond motifs is 1. The van der Waals surface area contributed by atoms with E-state index in [2.05, 4.69) is 33.5 Å². The maximum atomic E-state index is 12.5. The topological polar surface area (TPSA) is 54.9 Å². The van der Waals surface area contributed by atoms with Crippen molar-refractivity contribution in [1.29, 1.82) is 0 Å². The first-order chi connectivity index (χ1) is 12.3. The SMILES string of the molecule is O=C(Cc1csc(-c2cccnc2)n1)NC1CCCc2ccccc21. The van der Waals surface area contributed by atoms with Gasteiger partial charge in [-0.1, -0.05) is 24.3 Å². The lowest BCUT2D eigenvalue weighted by Crippen LogP contribution is -2.32. The van der Waals surface area contributed by atoms with Crippen molar-refractivity contribution < 1.29 is 4.79 Å². The molecule has 1 unspecified atom stereocenters. The highest BCUT2D eigenvalue weighted by Crippen LogP contribution is 2.29. The normalized spacial score (nSPS) is 16.2. The van der Waals surface area contributed by atoms with Crippen LogP contribution in [0.25, 0.3) is 10.6 Å². The van der Waals surface area contributed by atoms with Gasteiger partial charge in [-0.15, -0.1) is 11.3 Å². The van der Waals surface area contributed by atoms with Crippen LogP contribution in [0.3, 0.4) is 0 Å². The summed E-state index contributed by atoms with van der Waals surface area (Å²) in [6.45, 7) is 0. The summed E-state index contributed by atoms with van der Waals surface area (Å²) >= 11 is 1.55. The zero-order chi connectivity index (χ0) is 17.1. The van der Waals surface area contributed by atoms with Gasteiger partial charge in [-0.05, 0) is 42.5 Å². The molecule has 0 radical (unpaired) electrons. The van der Waals surface area contributed by atoms with E-state index in [-0.39, 0.29) is 11.9 Å². The number of aromatic nitrogens is 2. The Labute approximate surface area is 151 Å². The van der Waals surface area contributed by atoms with Gasteiger partial charge in [0, 0.05) is 23.3 Å². The first-order valence-corrected chi connectivity index (χ1v) is 9.39. The zero-order valence-electron chi connectivity index (χ0n) is 13.8. The van der Waals surface area contributed by atoms with E-state index >= 15 is 0 Å². The lowest BCUT2D eigenvalue weighted by molar-refractivity contribution is -0.121. The molecule has 1 aromatic carbocycles. The molecule has 1 aliphatic carbocycles. The van der Waals surface area contributed by atoms with Crippen LogP contribution in [-0.4, -0.2) is 15.9 Å². The van der Waals surface area contributed by atoms with E-state index in [4.69, 9.17) is 0 Å². The number of carbonyl (C=O) groups excluding carboxylic acids is 1. The van der Waals surface area contributed by atoms with E-state index in [1.165, 1.54) is 11.1 Å². The third-order valence-electron chi connectivity index (χ3n) is 4.51. The molecule has 0 saturated heterocycles. The number of pyridine rings is 1. The minimum atomic E-state index is 0.0322. The minimum Gasteiger partial charge on any atom is -0.349 e. The van der Waals surface area contributed by atoms with Gasteiger partial charge in [-0.3, -0.25) is 9.78 Å². The lowest BCUT2D eigenvalue weighted by Gasteiger charge is -2.26. The van der Waals surface area contributed by atoms with Crippen LogP contribution in [0, 0.1) is 0 Å². The number of aryl methyl sites for hydroxylation is 1. The third-order valence-corrected chi connectivity index (χ3v) is 5.45. The van der Waals surface area contributed by atoms with Crippen LogP contribution < -0.4 is 5.32 Å². The van der Waals surface area contributed by atoms with Crippen LogP contribution >= 0.6 is 11.3 Å². The van der Waals surface area contributed by atoms with Gasteiger partial charge in [-0.2, -0.15) is 0 Å². The molecule has 126 valence electrons. The highest BCUT2D eigenvalue weighted by molar-refractivity contribution is 7.13. The van der Waals surface area contributed by atoms with Gasteiger partial charge in [0.25, 0.3) is 0 Å². The van der Waals surface area contributed by atoms with Crippen LogP contribution in [-0.2, 0) is 17.6 Å². The van der Waals surface area contributed by atoms with Gasteiger partial charge >= 0.3 is 0 Å². The van der Waals surface area contributed by atoms with Gasteiger partial charge in [0.2, 0.25) is 5.91 Å². The largest absolute Gasteiger partial charge is 0.349 e. The predicted molar refractivity (Wildman–Crippen MR) is 99.3 cm³/mol. The van der Waals surface area contributed by atoms with Gasteiger partial charge in [0.05, 0.1) is 18.2 Å². The van der Waals surface area contributed by atoms with Crippen molar-refractivity contribution in [3.63, 3.8) is 0 Å². The standard InChI is InChI=1S/C20H19N3OS/c24-19(23-18-9-3-6-14-5-1-2-8-17(14)18)11-16-13-25-20(22-16)15-7-4-10-21-12-15/h1-2,4-5,7-8,10,12-13,18H,3,6,9,11H2,(H,23,24). The highest BCUT2D eigenvalue weighted by Gasteiger charge is 2.21. The van der Waals surface area contributed by atoms with Crippen LogP contribution in [0.2, 0.25) is 0 Å². The molecule has 5 heteroatoms. The van der Waals surface area contributed by atoms with Crippen molar-refractivity contribution in [2.45, 2.75) is 31.7 Å². The number of thiazole rings is 1. The molecule has 0 spiro atoms. The maximum absolute atomic E-state index is 12.5. The second-order valence-electron chi connectivity index (χ2n) is 6.27. The smallest absolute Gasteiger partial charge is 0.226 e. The molecule has 1 aliphatic rings. The van der Waals surface area contributed by atoms with E-state index in [1.54, 1.807) is 23.7 Å². The third kappa shape index (κ3) is 3.61. The number of nitrogens with one attached hydrogen (secondary N) is 1. The summed E-state index contributed by atoms with van der Waals surface area (Å²) in [5.41, 5.74) is 4.41. The fourth-order valence-corrected chi connectivity index (χ4v) is 4.13. The summed E-state index contributed by atoms with van der Waals surface area (Å²) in [6.07, 6.45) is 7.07. The van der Waals surface area contributed by atoms with E-state index in [0.29, 0.717) is 6.42 Å². The first kappa shape index (κ1) is 16.0. The van der Waals surface area contributed by atoms with Crippen molar-refractivity contribution in [2.24, 2.45) is 0 Å². The molecule has 1 atom stereocenters. The maximum Gasteiger partial charge on any atom is 0.226 e. The van der Waals surface area contributed by atoms with Gasteiger partial charge < -0.3 is 5.32 Å². The summed E-state index contributed by atoms with van der Waals surface area (Å²) < 4.78 is 0. The van der Waals surface area contributed by atoms with Crippen LogP contribution in [0.1, 0.15) is 35.7 Å². The van der Waals surface area contributed by atoms with Crippen molar-refractivity contribution in [3.05, 3.63) is 71.0 Å². The molecule has 4 rings (SSSR count). The van der Waals surface area contributed by atoms with E-state index < -0.39 is 0 Å².